The van der Waals surface area contributed by atoms with Gasteiger partial charge in [0.25, 0.3) is 0 Å². The van der Waals surface area contributed by atoms with Gasteiger partial charge in [0.1, 0.15) is 5.01 Å². The van der Waals surface area contributed by atoms with Crippen LogP contribution in [-0.4, -0.2) is 24.5 Å². The molecule has 6 heteroatoms. The maximum Gasteiger partial charge on any atom is 0.191 e. The molecule has 0 saturated carbocycles. The van der Waals surface area contributed by atoms with Gasteiger partial charge in [-0.05, 0) is 19.4 Å². The molecule has 0 unspecified atom stereocenters. The summed E-state index contributed by atoms with van der Waals surface area (Å²) in [5.41, 5.74) is 2.65. The molecule has 2 aromatic rings. The van der Waals surface area contributed by atoms with Crippen LogP contribution in [0.15, 0.2) is 35.5 Å². The average Bonchev–Trinajstić information content (AvgIpc) is 2.93. The van der Waals surface area contributed by atoms with Crippen LogP contribution in [0.5, 0.6) is 0 Å². The van der Waals surface area contributed by atoms with Crippen LogP contribution in [0.25, 0.3) is 0 Å². The number of thiazole rings is 1. The Kier molecular flexibility index (Phi) is 8.15. The summed E-state index contributed by atoms with van der Waals surface area (Å²) >= 11 is 1.71. The van der Waals surface area contributed by atoms with E-state index in [-0.39, 0.29) is 29.4 Å². The second-order valence-corrected chi connectivity index (χ2v) is 7.72. The van der Waals surface area contributed by atoms with Gasteiger partial charge in [0.2, 0.25) is 0 Å². The van der Waals surface area contributed by atoms with E-state index in [0.717, 1.165) is 17.5 Å². The van der Waals surface area contributed by atoms with Crippen LogP contribution in [0.1, 0.15) is 34.9 Å². The van der Waals surface area contributed by atoms with E-state index in [4.69, 9.17) is 0 Å². The predicted octanol–water partition coefficient (Wildman–Crippen LogP) is 4.02. The number of benzene rings is 1. The standard InChI is InChI=1S/C18H26N4S.HI/c1-13-7-6-8-15(9-13)18(3,4)12-22-17(19-5)21-11-16-20-10-14(2)23-16;/h6-10H,11-12H2,1-5H3,(H2,19,21,22);1H. The molecule has 0 atom stereocenters. The first-order valence-corrected chi connectivity index (χ1v) is 8.65. The number of hydrogen-bond donors (Lipinski definition) is 2. The van der Waals surface area contributed by atoms with Crippen molar-refractivity contribution in [3.8, 4) is 0 Å². The summed E-state index contributed by atoms with van der Waals surface area (Å²) in [5.74, 6) is 0.804. The number of nitrogens with one attached hydrogen (secondary N) is 2. The Hall–Kier alpha value is -1.15. The summed E-state index contributed by atoms with van der Waals surface area (Å²) in [6, 6.07) is 8.67. The SMILES string of the molecule is CN=C(NCc1ncc(C)s1)NCC(C)(C)c1cccc(C)c1.I. The van der Waals surface area contributed by atoms with Crippen LogP contribution in [-0.2, 0) is 12.0 Å². The summed E-state index contributed by atoms with van der Waals surface area (Å²) < 4.78 is 0. The van der Waals surface area contributed by atoms with Gasteiger partial charge in [-0.25, -0.2) is 4.98 Å². The van der Waals surface area contributed by atoms with Crippen molar-refractivity contribution in [2.24, 2.45) is 4.99 Å². The van der Waals surface area contributed by atoms with Crippen LogP contribution in [0.2, 0.25) is 0 Å². The fourth-order valence-electron chi connectivity index (χ4n) is 2.34. The third kappa shape index (κ3) is 6.05. The average molecular weight is 458 g/mol. The monoisotopic (exact) mass is 458 g/mol. The lowest BCUT2D eigenvalue weighted by atomic mass is 9.84. The van der Waals surface area contributed by atoms with Gasteiger partial charge < -0.3 is 10.6 Å². The Labute approximate surface area is 166 Å². The van der Waals surface area contributed by atoms with Crippen molar-refractivity contribution in [2.75, 3.05) is 13.6 Å². The first kappa shape index (κ1) is 20.9. The molecule has 2 rings (SSSR count). The predicted molar refractivity (Wildman–Crippen MR) is 115 cm³/mol. The van der Waals surface area contributed by atoms with E-state index in [2.05, 4.69) is 72.6 Å². The Bertz CT molecular complexity index is 679. The lowest BCUT2D eigenvalue weighted by Crippen LogP contribution is -2.43. The minimum absolute atomic E-state index is 0. The summed E-state index contributed by atoms with van der Waals surface area (Å²) in [6.45, 7) is 10.2. The molecule has 1 aromatic carbocycles. The highest BCUT2D eigenvalue weighted by Gasteiger charge is 2.21. The molecule has 0 radical (unpaired) electrons. The van der Waals surface area contributed by atoms with Crippen molar-refractivity contribution in [1.29, 1.82) is 0 Å². The first-order chi connectivity index (χ1) is 10.9. The molecule has 132 valence electrons. The molecule has 24 heavy (non-hydrogen) atoms. The fraction of sp³-hybridized carbons (Fsp3) is 0.444. The zero-order valence-corrected chi connectivity index (χ0v) is 18.2. The minimum Gasteiger partial charge on any atom is -0.356 e. The molecule has 0 saturated heterocycles. The molecule has 2 N–H and O–H groups in total. The number of guanidine groups is 1. The molecule has 1 heterocycles. The molecule has 0 aliphatic carbocycles. The smallest absolute Gasteiger partial charge is 0.191 e. The van der Waals surface area contributed by atoms with Gasteiger partial charge in [-0.15, -0.1) is 35.3 Å². The van der Waals surface area contributed by atoms with E-state index < -0.39 is 0 Å². The van der Waals surface area contributed by atoms with Gasteiger partial charge in [0, 0.05) is 30.1 Å². The van der Waals surface area contributed by atoms with E-state index in [1.54, 1.807) is 18.4 Å². The maximum absolute atomic E-state index is 4.36. The van der Waals surface area contributed by atoms with E-state index in [1.165, 1.54) is 16.0 Å². The molecule has 1 aromatic heterocycles. The molecule has 0 amide bonds. The van der Waals surface area contributed by atoms with E-state index in [9.17, 15) is 0 Å². The van der Waals surface area contributed by atoms with E-state index >= 15 is 0 Å². The summed E-state index contributed by atoms with van der Waals surface area (Å²) in [5, 5.41) is 7.81. The Morgan fingerprint density at radius 1 is 1.25 bits per heavy atom. The molecule has 0 fully saturated rings. The second kappa shape index (κ2) is 9.36. The Morgan fingerprint density at radius 2 is 2.00 bits per heavy atom. The molecular formula is C18H27IN4S. The normalized spacial score (nSPS) is 11.8. The molecule has 0 aliphatic heterocycles. The maximum atomic E-state index is 4.36. The molecule has 0 spiro atoms. The van der Waals surface area contributed by atoms with E-state index in [0.29, 0.717) is 6.54 Å². The van der Waals surface area contributed by atoms with Crippen molar-refractivity contribution < 1.29 is 0 Å². The Balaban J connectivity index is 0.00000288. The van der Waals surface area contributed by atoms with Gasteiger partial charge in [-0.2, -0.15) is 0 Å². The molecular weight excluding hydrogens is 431 g/mol. The van der Waals surface area contributed by atoms with Gasteiger partial charge >= 0.3 is 0 Å². The van der Waals surface area contributed by atoms with E-state index in [1.807, 2.05) is 6.20 Å². The topological polar surface area (TPSA) is 49.3 Å². The quantitative estimate of drug-likeness (QED) is 0.404. The lowest BCUT2D eigenvalue weighted by molar-refractivity contribution is 0.508. The number of halogens is 1. The van der Waals surface area contributed by atoms with Crippen molar-refractivity contribution in [2.45, 2.75) is 39.7 Å². The van der Waals surface area contributed by atoms with Gasteiger partial charge in [-0.1, -0.05) is 43.7 Å². The van der Waals surface area contributed by atoms with Crippen LogP contribution < -0.4 is 10.6 Å². The number of rotatable bonds is 5. The number of aryl methyl sites for hydroxylation is 2. The number of nitrogens with zero attached hydrogens (tertiary/aromatic N) is 2. The zero-order chi connectivity index (χ0) is 16.9. The van der Waals surface area contributed by atoms with Gasteiger partial charge in [-0.3, -0.25) is 4.99 Å². The van der Waals surface area contributed by atoms with Crippen molar-refractivity contribution in [3.05, 3.63) is 51.5 Å². The Morgan fingerprint density at radius 3 is 2.58 bits per heavy atom. The number of aromatic nitrogens is 1. The van der Waals surface area contributed by atoms with Crippen molar-refractivity contribution in [3.63, 3.8) is 0 Å². The molecule has 0 bridgehead atoms. The second-order valence-electron chi connectivity index (χ2n) is 6.40. The van der Waals surface area contributed by atoms with Gasteiger partial charge in [0.15, 0.2) is 5.96 Å². The third-order valence-electron chi connectivity index (χ3n) is 3.80. The first-order valence-electron chi connectivity index (χ1n) is 7.84. The van der Waals surface area contributed by atoms with Crippen LogP contribution in [0.4, 0.5) is 0 Å². The molecule has 0 aliphatic rings. The largest absolute Gasteiger partial charge is 0.356 e. The third-order valence-corrected chi connectivity index (χ3v) is 4.71. The van der Waals surface area contributed by atoms with Crippen molar-refractivity contribution in [1.82, 2.24) is 15.6 Å². The van der Waals surface area contributed by atoms with Gasteiger partial charge in [0.05, 0.1) is 6.54 Å². The number of aliphatic imine (C=N–C) groups is 1. The van der Waals surface area contributed by atoms with Crippen LogP contribution >= 0.6 is 35.3 Å². The lowest BCUT2D eigenvalue weighted by Gasteiger charge is -2.27. The highest BCUT2D eigenvalue weighted by molar-refractivity contribution is 14.0. The zero-order valence-electron chi connectivity index (χ0n) is 15.0. The van der Waals surface area contributed by atoms with Crippen LogP contribution in [0, 0.1) is 13.8 Å². The highest BCUT2D eigenvalue weighted by Crippen LogP contribution is 2.23. The van der Waals surface area contributed by atoms with Crippen LogP contribution in [0.3, 0.4) is 0 Å². The summed E-state index contributed by atoms with van der Waals surface area (Å²) in [4.78, 5) is 9.88. The minimum atomic E-state index is 0. The molecule has 4 nitrogen and oxygen atoms in total. The summed E-state index contributed by atoms with van der Waals surface area (Å²) in [6.07, 6.45) is 1.90. The fourth-order valence-corrected chi connectivity index (χ4v) is 3.06. The van der Waals surface area contributed by atoms with Crippen molar-refractivity contribution >= 4 is 41.3 Å². The number of hydrogen-bond acceptors (Lipinski definition) is 3. The highest BCUT2D eigenvalue weighted by atomic mass is 127. The summed E-state index contributed by atoms with van der Waals surface area (Å²) in [7, 11) is 1.79.